The number of hydrogen-bond donors (Lipinski definition) is 1. The highest BCUT2D eigenvalue weighted by molar-refractivity contribution is 5.37. The molecule has 1 fully saturated rings. The van der Waals surface area contributed by atoms with Crippen LogP contribution in [0.15, 0.2) is 12.4 Å². The molecule has 88 valence electrons. The van der Waals surface area contributed by atoms with Gasteiger partial charge in [0.1, 0.15) is 0 Å². The first-order valence-electron chi connectivity index (χ1n) is 5.85. The van der Waals surface area contributed by atoms with Gasteiger partial charge in [0, 0.05) is 12.6 Å². The van der Waals surface area contributed by atoms with Gasteiger partial charge in [-0.05, 0) is 18.3 Å². The molecule has 0 amide bonds. The highest BCUT2D eigenvalue weighted by Gasteiger charge is 2.37. The number of aromatic hydroxyl groups is 1. The van der Waals surface area contributed by atoms with E-state index in [2.05, 4.69) is 35.6 Å². The highest BCUT2D eigenvalue weighted by atomic mass is 16.3. The monoisotopic (exact) mass is 221 g/mol. The summed E-state index contributed by atoms with van der Waals surface area (Å²) in [7, 11) is 0. The van der Waals surface area contributed by atoms with Crippen LogP contribution in [-0.4, -0.2) is 27.7 Å². The third-order valence-electron chi connectivity index (χ3n) is 3.14. The molecule has 1 aliphatic heterocycles. The van der Waals surface area contributed by atoms with Crippen molar-refractivity contribution in [2.24, 2.45) is 11.8 Å². The van der Waals surface area contributed by atoms with Crippen LogP contribution in [0.4, 0.5) is 5.95 Å². The average molecular weight is 221 g/mol. The lowest BCUT2D eigenvalue weighted by Gasteiger charge is -2.47. The van der Waals surface area contributed by atoms with Gasteiger partial charge >= 0.3 is 0 Å². The molecule has 2 rings (SSSR count). The van der Waals surface area contributed by atoms with Gasteiger partial charge in [-0.1, -0.05) is 20.8 Å². The fourth-order valence-electron chi connectivity index (χ4n) is 2.27. The van der Waals surface area contributed by atoms with Gasteiger partial charge in [-0.25, -0.2) is 9.97 Å². The summed E-state index contributed by atoms with van der Waals surface area (Å²) in [6, 6.07) is 0.546. The quantitative estimate of drug-likeness (QED) is 0.848. The van der Waals surface area contributed by atoms with Crippen LogP contribution in [0.2, 0.25) is 0 Å². The van der Waals surface area contributed by atoms with Crippen molar-refractivity contribution in [3.8, 4) is 5.75 Å². The van der Waals surface area contributed by atoms with Crippen LogP contribution >= 0.6 is 0 Å². The Balaban J connectivity index is 2.07. The molecule has 0 spiro atoms. The fourth-order valence-corrected chi connectivity index (χ4v) is 2.27. The average Bonchev–Trinajstić information content (AvgIpc) is 2.24. The molecule has 1 aromatic rings. The molecule has 2 heterocycles. The van der Waals surface area contributed by atoms with E-state index in [0.717, 1.165) is 12.5 Å². The molecule has 4 heteroatoms. The minimum Gasteiger partial charge on any atom is -0.505 e. The summed E-state index contributed by atoms with van der Waals surface area (Å²) in [5.41, 5.74) is 0. The Labute approximate surface area is 96.3 Å². The van der Waals surface area contributed by atoms with E-state index < -0.39 is 0 Å². The Morgan fingerprint density at radius 3 is 2.56 bits per heavy atom. The Morgan fingerprint density at radius 1 is 1.44 bits per heavy atom. The van der Waals surface area contributed by atoms with E-state index in [1.54, 1.807) is 0 Å². The van der Waals surface area contributed by atoms with Crippen LogP contribution in [0.25, 0.3) is 0 Å². The topological polar surface area (TPSA) is 49.2 Å². The molecule has 1 saturated heterocycles. The minimum atomic E-state index is 0.123. The fraction of sp³-hybridized carbons (Fsp3) is 0.667. The maximum absolute atomic E-state index is 9.15. The third kappa shape index (κ3) is 2.10. The van der Waals surface area contributed by atoms with Crippen molar-refractivity contribution in [1.82, 2.24) is 9.97 Å². The standard InChI is InChI=1S/C12H19N3O/c1-8(2)4-11-9(3)7-15(11)12-13-5-10(16)6-14-12/h5-6,8-9,11,16H,4,7H2,1-3H3. The number of rotatable bonds is 3. The van der Waals surface area contributed by atoms with Crippen LogP contribution in [0.5, 0.6) is 5.75 Å². The summed E-state index contributed by atoms with van der Waals surface area (Å²) in [6.45, 7) is 7.76. The Kier molecular flexibility index (Phi) is 2.99. The van der Waals surface area contributed by atoms with Crippen molar-refractivity contribution in [2.75, 3.05) is 11.4 Å². The SMILES string of the molecule is CC(C)CC1C(C)CN1c1ncc(O)cn1. The number of aromatic nitrogens is 2. The molecule has 0 aliphatic carbocycles. The summed E-state index contributed by atoms with van der Waals surface area (Å²) in [4.78, 5) is 10.5. The zero-order chi connectivity index (χ0) is 11.7. The van der Waals surface area contributed by atoms with E-state index in [9.17, 15) is 0 Å². The Morgan fingerprint density at radius 2 is 2.06 bits per heavy atom. The van der Waals surface area contributed by atoms with Crippen molar-refractivity contribution in [2.45, 2.75) is 33.2 Å². The van der Waals surface area contributed by atoms with Crippen LogP contribution in [0.3, 0.4) is 0 Å². The number of hydrogen-bond acceptors (Lipinski definition) is 4. The molecule has 0 aromatic carbocycles. The summed E-state index contributed by atoms with van der Waals surface area (Å²) < 4.78 is 0. The van der Waals surface area contributed by atoms with E-state index in [4.69, 9.17) is 5.11 Å². The zero-order valence-electron chi connectivity index (χ0n) is 10.1. The van der Waals surface area contributed by atoms with Gasteiger partial charge in [0.2, 0.25) is 5.95 Å². The first-order valence-corrected chi connectivity index (χ1v) is 5.85. The molecular weight excluding hydrogens is 202 g/mol. The summed E-state index contributed by atoms with van der Waals surface area (Å²) in [6.07, 6.45) is 4.08. The van der Waals surface area contributed by atoms with Crippen molar-refractivity contribution < 1.29 is 5.11 Å². The zero-order valence-corrected chi connectivity index (χ0v) is 10.1. The number of anilines is 1. The molecule has 1 N–H and O–H groups in total. The van der Waals surface area contributed by atoms with Gasteiger partial charge in [0.15, 0.2) is 5.75 Å². The van der Waals surface area contributed by atoms with Crippen LogP contribution in [0.1, 0.15) is 27.2 Å². The highest BCUT2D eigenvalue weighted by Crippen LogP contribution is 2.32. The first kappa shape index (κ1) is 11.2. The van der Waals surface area contributed by atoms with E-state index in [1.807, 2.05) is 0 Å². The summed E-state index contributed by atoms with van der Waals surface area (Å²) in [5, 5.41) is 9.15. The molecule has 1 aliphatic rings. The second kappa shape index (κ2) is 4.28. The predicted octanol–water partition coefficient (Wildman–Crippen LogP) is 2.05. The van der Waals surface area contributed by atoms with Crippen LogP contribution in [-0.2, 0) is 0 Å². The lowest BCUT2D eigenvalue weighted by molar-refractivity contribution is 0.270. The van der Waals surface area contributed by atoms with Gasteiger partial charge in [-0.3, -0.25) is 0 Å². The molecule has 0 saturated carbocycles. The predicted molar refractivity (Wildman–Crippen MR) is 63.4 cm³/mol. The second-order valence-corrected chi connectivity index (χ2v) is 5.07. The first-order chi connectivity index (χ1) is 7.58. The third-order valence-corrected chi connectivity index (χ3v) is 3.14. The maximum atomic E-state index is 9.15. The Bertz CT molecular complexity index is 350. The van der Waals surface area contributed by atoms with E-state index in [-0.39, 0.29) is 5.75 Å². The van der Waals surface area contributed by atoms with Gasteiger partial charge in [0.05, 0.1) is 12.4 Å². The van der Waals surface area contributed by atoms with Crippen molar-refractivity contribution in [1.29, 1.82) is 0 Å². The van der Waals surface area contributed by atoms with E-state index >= 15 is 0 Å². The molecule has 0 bridgehead atoms. The maximum Gasteiger partial charge on any atom is 0.225 e. The molecule has 2 atom stereocenters. The van der Waals surface area contributed by atoms with E-state index in [0.29, 0.717) is 17.9 Å². The van der Waals surface area contributed by atoms with Crippen molar-refractivity contribution >= 4 is 5.95 Å². The van der Waals surface area contributed by atoms with Crippen molar-refractivity contribution in [3.63, 3.8) is 0 Å². The van der Waals surface area contributed by atoms with Crippen molar-refractivity contribution in [3.05, 3.63) is 12.4 Å². The normalized spacial score (nSPS) is 24.6. The van der Waals surface area contributed by atoms with Crippen LogP contribution in [0, 0.1) is 11.8 Å². The number of nitrogens with zero attached hydrogens (tertiary/aromatic N) is 3. The van der Waals surface area contributed by atoms with Gasteiger partial charge in [0.25, 0.3) is 0 Å². The molecule has 0 radical (unpaired) electrons. The largest absolute Gasteiger partial charge is 0.505 e. The van der Waals surface area contributed by atoms with Gasteiger partial charge < -0.3 is 10.0 Å². The molecular formula is C12H19N3O. The molecule has 1 aromatic heterocycles. The summed E-state index contributed by atoms with van der Waals surface area (Å²) >= 11 is 0. The molecule has 16 heavy (non-hydrogen) atoms. The van der Waals surface area contributed by atoms with Crippen LogP contribution < -0.4 is 4.90 Å². The summed E-state index contributed by atoms with van der Waals surface area (Å²) in [5.74, 6) is 2.26. The minimum absolute atomic E-state index is 0.123. The second-order valence-electron chi connectivity index (χ2n) is 5.07. The molecule has 2 unspecified atom stereocenters. The lowest BCUT2D eigenvalue weighted by Crippen LogP contribution is -2.56. The molecule has 4 nitrogen and oxygen atoms in total. The Hall–Kier alpha value is -1.32. The van der Waals surface area contributed by atoms with Gasteiger partial charge in [-0.2, -0.15) is 0 Å². The van der Waals surface area contributed by atoms with E-state index in [1.165, 1.54) is 18.8 Å². The van der Waals surface area contributed by atoms with Gasteiger partial charge in [-0.15, -0.1) is 0 Å². The lowest BCUT2D eigenvalue weighted by atomic mass is 9.84. The smallest absolute Gasteiger partial charge is 0.225 e.